The van der Waals surface area contributed by atoms with Gasteiger partial charge < -0.3 is 33.5 Å². The predicted octanol–water partition coefficient (Wildman–Crippen LogP) is 3.46. The quantitative estimate of drug-likeness (QED) is 0.491. The maximum Gasteiger partial charge on any atom is 0.336 e. The summed E-state index contributed by atoms with van der Waals surface area (Å²) in [4.78, 5) is 11.7. The number of rotatable bonds is 9. The minimum atomic E-state index is -1.07. The zero-order valence-electron chi connectivity index (χ0n) is 17.3. The third kappa shape index (κ3) is 4.50. The van der Waals surface area contributed by atoms with Gasteiger partial charge in [-0.3, -0.25) is 0 Å². The molecule has 0 unspecified atom stereocenters. The molecule has 0 amide bonds. The molecular formula is C22H24O8. The summed E-state index contributed by atoms with van der Waals surface area (Å²) in [6, 6.07) is 6.78. The van der Waals surface area contributed by atoms with E-state index in [1.165, 1.54) is 20.3 Å². The number of ether oxygens (including phenoxy) is 6. The Morgan fingerprint density at radius 3 is 2.17 bits per heavy atom. The fraction of sp³-hybridized carbons (Fsp3) is 0.318. The Bertz CT molecular complexity index is 947. The van der Waals surface area contributed by atoms with Crippen molar-refractivity contribution in [2.45, 2.75) is 12.7 Å². The van der Waals surface area contributed by atoms with Gasteiger partial charge in [0.25, 0.3) is 0 Å². The molecule has 0 fully saturated rings. The number of carboxylic acids is 1. The number of carbonyl (C=O) groups is 1. The van der Waals surface area contributed by atoms with E-state index in [-0.39, 0.29) is 12.4 Å². The molecule has 1 N–H and O–H groups in total. The number of methoxy groups -OCH3 is 4. The molecule has 0 bridgehead atoms. The molecule has 30 heavy (non-hydrogen) atoms. The van der Waals surface area contributed by atoms with Crippen LogP contribution in [0, 0.1) is 0 Å². The summed E-state index contributed by atoms with van der Waals surface area (Å²) in [6.07, 6.45) is 3.56. The van der Waals surface area contributed by atoms with Crippen LogP contribution in [0.2, 0.25) is 0 Å². The summed E-state index contributed by atoms with van der Waals surface area (Å²) in [5, 5.41) is 9.61. The van der Waals surface area contributed by atoms with Gasteiger partial charge in [-0.1, -0.05) is 12.2 Å². The standard InChI is InChI=1S/C22H24O8/c1-25-17-8-14(16(22(23)24)11-18(17)26-2)6-5-13-7-19-20(30-12-29-19)9-15(13)10-21(27-3)28-4/h5-9,11,21H,10,12H2,1-4H3,(H,23,24)/b6-5+. The van der Waals surface area contributed by atoms with E-state index < -0.39 is 12.3 Å². The molecule has 160 valence electrons. The van der Waals surface area contributed by atoms with Gasteiger partial charge in [-0.25, -0.2) is 4.79 Å². The largest absolute Gasteiger partial charge is 0.493 e. The molecule has 8 heteroatoms. The summed E-state index contributed by atoms with van der Waals surface area (Å²) < 4.78 is 32.1. The minimum Gasteiger partial charge on any atom is -0.493 e. The summed E-state index contributed by atoms with van der Waals surface area (Å²) in [6.45, 7) is 0.152. The Morgan fingerprint density at radius 2 is 1.57 bits per heavy atom. The molecule has 0 spiro atoms. The van der Waals surface area contributed by atoms with E-state index in [2.05, 4.69) is 0 Å². The third-order valence-corrected chi connectivity index (χ3v) is 4.78. The summed E-state index contributed by atoms with van der Waals surface area (Å²) >= 11 is 0. The highest BCUT2D eigenvalue weighted by atomic mass is 16.7. The van der Waals surface area contributed by atoms with Gasteiger partial charge in [-0.15, -0.1) is 0 Å². The lowest BCUT2D eigenvalue weighted by atomic mass is 10.00. The molecule has 8 nitrogen and oxygen atoms in total. The fourth-order valence-corrected chi connectivity index (χ4v) is 3.17. The smallest absolute Gasteiger partial charge is 0.336 e. The fourth-order valence-electron chi connectivity index (χ4n) is 3.17. The van der Waals surface area contributed by atoms with Crippen LogP contribution in [0.15, 0.2) is 24.3 Å². The van der Waals surface area contributed by atoms with E-state index in [0.29, 0.717) is 35.0 Å². The van der Waals surface area contributed by atoms with Gasteiger partial charge >= 0.3 is 5.97 Å². The SMILES string of the molecule is COc1cc(/C=C/c2cc3c(cc2CC(OC)OC)OCO3)c(C(=O)O)cc1OC. The molecule has 1 aliphatic rings. The molecule has 2 aromatic carbocycles. The normalized spacial score (nSPS) is 12.6. The van der Waals surface area contributed by atoms with E-state index in [1.807, 2.05) is 18.2 Å². The van der Waals surface area contributed by atoms with E-state index in [4.69, 9.17) is 28.4 Å². The van der Waals surface area contributed by atoms with Crippen LogP contribution in [0.25, 0.3) is 12.2 Å². The molecular weight excluding hydrogens is 392 g/mol. The van der Waals surface area contributed by atoms with Gasteiger partial charge in [0.15, 0.2) is 29.3 Å². The van der Waals surface area contributed by atoms with Gasteiger partial charge in [-0.05, 0) is 41.0 Å². The van der Waals surface area contributed by atoms with E-state index in [0.717, 1.165) is 11.1 Å². The lowest BCUT2D eigenvalue weighted by molar-refractivity contribution is -0.100. The van der Waals surface area contributed by atoms with Crippen LogP contribution in [-0.2, 0) is 15.9 Å². The first-order valence-corrected chi connectivity index (χ1v) is 9.16. The second kappa shape index (κ2) is 9.51. The number of aromatic carboxylic acids is 1. The van der Waals surface area contributed by atoms with Crippen molar-refractivity contribution in [3.05, 3.63) is 46.5 Å². The number of hydrogen-bond donors (Lipinski definition) is 1. The molecule has 0 radical (unpaired) electrons. The van der Waals surface area contributed by atoms with E-state index >= 15 is 0 Å². The van der Waals surface area contributed by atoms with Crippen LogP contribution < -0.4 is 18.9 Å². The highest BCUT2D eigenvalue weighted by molar-refractivity contribution is 5.94. The first-order valence-electron chi connectivity index (χ1n) is 9.16. The minimum absolute atomic E-state index is 0.0952. The number of hydrogen-bond acceptors (Lipinski definition) is 7. The Hall–Kier alpha value is -3.23. The Labute approximate surface area is 174 Å². The van der Waals surface area contributed by atoms with Crippen LogP contribution in [0.3, 0.4) is 0 Å². The maximum absolute atomic E-state index is 11.7. The monoisotopic (exact) mass is 416 g/mol. The van der Waals surface area contributed by atoms with Crippen LogP contribution in [0.1, 0.15) is 27.0 Å². The maximum atomic E-state index is 11.7. The lowest BCUT2D eigenvalue weighted by Gasteiger charge is -2.16. The van der Waals surface area contributed by atoms with Crippen LogP contribution in [0.5, 0.6) is 23.0 Å². The van der Waals surface area contributed by atoms with E-state index in [1.54, 1.807) is 26.4 Å². The molecule has 0 aromatic heterocycles. The highest BCUT2D eigenvalue weighted by Gasteiger charge is 2.19. The first-order chi connectivity index (χ1) is 14.5. The molecule has 0 atom stereocenters. The van der Waals surface area contributed by atoms with Crippen molar-refractivity contribution in [1.82, 2.24) is 0 Å². The second-order valence-electron chi connectivity index (χ2n) is 6.44. The van der Waals surface area contributed by atoms with Crippen molar-refractivity contribution in [2.24, 2.45) is 0 Å². The lowest BCUT2D eigenvalue weighted by Crippen LogP contribution is -2.16. The average molecular weight is 416 g/mol. The Morgan fingerprint density at radius 1 is 0.967 bits per heavy atom. The average Bonchev–Trinajstić information content (AvgIpc) is 3.21. The predicted molar refractivity (Wildman–Crippen MR) is 110 cm³/mol. The molecule has 2 aromatic rings. The summed E-state index contributed by atoms with van der Waals surface area (Å²) in [7, 11) is 6.09. The highest BCUT2D eigenvalue weighted by Crippen LogP contribution is 2.37. The van der Waals surface area contributed by atoms with Gasteiger partial charge in [0, 0.05) is 20.6 Å². The second-order valence-corrected chi connectivity index (χ2v) is 6.44. The van der Waals surface area contributed by atoms with Gasteiger partial charge in [0.1, 0.15) is 0 Å². The van der Waals surface area contributed by atoms with Crippen molar-refractivity contribution in [1.29, 1.82) is 0 Å². The number of carboxylic acid groups (broad SMARTS) is 1. The molecule has 0 saturated carbocycles. The van der Waals surface area contributed by atoms with Crippen molar-refractivity contribution in [3.63, 3.8) is 0 Å². The zero-order valence-corrected chi connectivity index (χ0v) is 17.3. The Kier molecular flexibility index (Phi) is 6.81. The van der Waals surface area contributed by atoms with Crippen molar-refractivity contribution >= 4 is 18.1 Å². The third-order valence-electron chi connectivity index (χ3n) is 4.78. The van der Waals surface area contributed by atoms with Crippen LogP contribution >= 0.6 is 0 Å². The summed E-state index contributed by atoms with van der Waals surface area (Å²) in [5.74, 6) is 0.979. The van der Waals surface area contributed by atoms with Gasteiger partial charge in [0.2, 0.25) is 6.79 Å². The van der Waals surface area contributed by atoms with Crippen LogP contribution in [-0.4, -0.2) is 52.6 Å². The van der Waals surface area contributed by atoms with Crippen molar-refractivity contribution < 1.29 is 38.3 Å². The molecule has 1 heterocycles. The first kappa shape index (κ1) is 21.5. The zero-order chi connectivity index (χ0) is 21.7. The molecule has 0 aliphatic carbocycles. The van der Waals surface area contributed by atoms with Gasteiger partial charge in [-0.2, -0.15) is 0 Å². The Balaban J connectivity index is 2.04. The summed E-state index contributed by atoms with van der Waals surface area (Å²) in [5.41, 5.74) is 2.29. The topological polar surface area (TPSA) is 92.7 Å². The van der Waals surface area contributed by atoms with Crippen LogP contribution in [0.4, 0.5) is 0 Å². The molecule has 3 rings (SSSR count). The molecule has 1 aliphatic heterocycles. The number of fused-ring (bicyclic) bond motifs is 1. The van der Waals surface area contributed by atoms with Crippen molar-refractivity contribution in [2.75, 3.05) is 35.2 Å². The van der Waals surface area contributed by atoms with E-state index in [9.17, 15) is 9.90 Å². The number of benzene rings is 2. The van der Waals surface area contributed by atoms with Crippen molar-refractivity contribution in [3.8, 4) is 23.0 Å². The molecule has 0 saturated heterocycles. The van der Waals surface area contributed by atoms with Gasteiger partial charge in [0.05, 0.1) is 19.8 Å².